The van der Waals surface area contributed by atoms with Gasteiger partial charge in [0.05, 0.1) is 12.5 Å². The molecule has 0 spiro atoms. The molecule has 0 aliphatic heterocycles. The summed E-state index contributed by atoms with van der Waals surface area (Å²) in [5.74, 6) is -1.22. The van der Waals surface area contributed by atoms with E-state index in [1.807, 2.05) is 37.4 Å². The van der Waals surface area contributed by atoms with Crippen molar-refractivity contribution in [3.63, 3.8) is 0 Å². The predicted molar refractivity (Wildman–Crippen MR) is 84.1 cm³/mol. The van der Waals surface area contributed by atoms with E-state index >= 15 is 0 Å². The molecule has 0 saturated heterocycles. The minimum absolute atomic E-state index is 0.174. The summed E-state index contributed by atoms with van der Waals surface area (Å²) in [6.07, 6.45) is 1.66. The van der Waals surface area contributed by atoms with Crippen molar-refractivity contribution in [3.05, 3.63) is 53.3 Å². The van der Waals surface area contributed by atoms with Gasteiger partial charge in [0, 0.05) is 0 Å². The number of aryl methyl sites for hydroxylation is 1. The first-order chi connectivity index (χ1) is 10.5. The zero-order valence-corrected chi connectivity index (χ0v) is 13.1. The van der Waals surface area contributed by atoms with E-state index in [0.29, 0.717) is 5.09 Å². The summed E-state index contributed by atoms with van der Waals surface area (Å²) in [5, 5.41) is 12.5. The van der Waals surface area contributed by atoms with E-state index in [9.17, 15) is 9.59 Å². The summed E-state index contributed by atoms with van der Waals surface area (Å²) in [5.41, 5.74) is 1.72. The lowest BCUT2D eigenvalue weighted by atomic mass is 9.98. The SMILES string of the molecule is CSc1ccc(C(=O)NC(CC(=O)O)c2ccccc2C)o1. The number of amides is 1. The van der Waals surface area contributed by atoms with Crippen LogP contribution in [0, 0.1) is 6.92 Å². The maximum Gasteiger partial charge on any atom is 0.305 e. The average Bonchev–Trinajstić information content (AvgIpc) is 2.95. The summed E-state index contributed by atoms with van der Waals surface area (Å²) in [4.78, 5) is 23.3. The first kappa shape index (κ1) is 16.2. The number of benzene rings is 1. The van der Waals surface area contributed by atoms with E-state index in [1.165, 1.54) is 11.8 Å². The van der Waals surface area contributed by atoms with Gasteiger partial charge in [0.2, 0.25) is 0 Å². The highest BCUT2D eigenvalue weighted by atomic mass is 32.2. The molecule has 1 aromatic heterocycles. The van der Waals surface area contributed by atoms with Crippen molar-refractivity contribution in [2.45, 2.75) is 24.5 Å². The van der Waals surface area contributed by atoms with Crippen LogP contribution in [-0.2, 0) is 4.79 Å². The molecule has 0 fully saturated rings. The van der Waals surface area contributed by atoms with Gasteiger partial charge in [0.25, 0.3) is 5.91 Å². The molecule has 0 aliphatic carbocycles. The van der Waals surface area contributed by atoms with Gasteiger partial charge >= 0.3 is 5.97 Å². The minimum atomic E-state index is -0.974. The molecule has 1 heterocycles. The Morgan fingerprint density at radius 2 is 2.00 bits per heavy atom. The van der Waals surface area contributed by atoms with E-state index in [2.05, 4.69) is 5.32 Å². The Bertz CT molecular complexity index is 680. The molecule has 0 saturated carbocycles. The number of thioether (sulfide) groups is 1. The second kappa shape index (κ2) is 7.17. The number of rotatable bonds is 6. The summed E-state index contributed by atoms with van der Waals surface area (Å²) in [6.45, 7) is 1.88. The summed E-state index contributed by atoms with van der Waals surface area (Å²) in [7, 11) is 0. The van der Waals surface area contributed by atoms with Gasteiger partial charge in [-0.25, -0.2) is 0 Å². The molecule has 1 amide bonds. The first-order valence-corrected chi connectivity index (χ1v) is 7.95. The second-order valence-corrected chi connectivity index (χ2v) is 5.61. The largest absolute Gasteiger partial charge is 0.481 e. The lowest BCUT2D eigenvalue weighted by molar-refractivity contribution is -0.137. The molecular formula is C16H17NO4S. The third-order valence-corrected chi connectivity index (χ3v) is 3.88. The number of carboxylic acid groups (broad SMARTS) is 1. The quantitative estimate of drug-likeness (QED) is 0.799. The van der Waals surface area contributed by atoms with Crippen LogP contribution < -0.4 is 5.32 Å². The van der Waals surface area contributed by atoms with E-state index in [1.54, 1.807) is 12.1 Å². The van der Waals surface area contributed by atoms with Crippen molar-refractivity contribution in [1.29, 1.82) is 0 Å². The number of nitrogens with one attached hydrogen (secondary N) is 1. The Balaban J connectivity index is 2.21. The Morgan fingerprint density at radius 1 is 1.27 bits per heavy atom. The van der Waals surface area contributed by atoms with Gasteiger partial charge in [0.15, 0.2) is 10.9 Å². The number of carbonyl (C=O) groups is 2. The van der Waals surface area contributed by atoms with Gasteiger partial charge in [0.1, 0.15) is 0 Å². The molecule has 1 atom stereocenters. The van der Waals surface area contributed by atoms with Crippen LogP contribution in [-0.4, -0.2) is 23.2 Å². The van der Waals surface area contributed by atoms with Gasteiger partial charge in [-0.2, -0.15) is 0 Å². The Morgan fingerprint density at radius 3 is 2.59 bits per heavy atom. The zero-order chi connectivity index (χ0) is 16.1. The molecule has 0 radical (unpaired) electrons. The highest BCUT2D eigenvalue weighted by Crippen LogP contribution is 2.23. The first-order valence-electron chi connectivity index (χ1n) is 6.73. The van der Waals surface area contributed by atoms with E-state index in [4.69, 9.17) is 9.52 Å². The molecule has 6 heteroatoms. The fourth-order valence-electron chi connectivity index (χ4n) is 2.17. The lowest BCUT2D eigenvalue weighted by Crippen LogP contribution is -2.30. The smallest absolute Gasteiger partial charge is 0.305 e. The van der Waals surface area contributed by atoms with Crippen LogP contribution >= 0.6 is 11.8 Å². The highest BCUT2D eigenvalue weighted by Gasteiger charge is 2.21. The molecule has 116 valence electrons. The Labute approximate surface area is 132 Å². The van der Waals surface area contributed by atoms with E-state index < -0.39 is 17.9 Å². The van der Waals surface area contributed by atoms with Crippen molar-refractivity contribution in [2.75, 3.05) is 6.26 Å². The van der Waals surface area contributed by atoms with Crippen LogP contribution in [0.1, 0.15) is 34.1 Å². The topological polar surface area (TPSA) is 79.5 Å². The fraction of sp³-hybridized carbons (Fsp3) is 0.250. The highest BCUT2D eigenvalue weighted by molar-refractivity contribution is 7.98. The van der Waals surface area contributed by atoms with Crippen LogP contribution in [0.25, 0.3) is 0 Å². The van der Waals surface area contributed by atoms with Crippen LogP contribution in [0.3, 0.4) is 0 Å². The molecule has 2 aromatic rings. The third-order valence-electron chi connectivity index (χ3n) is 3.25. The van der Waals surface area contributed by atoms with Gasteiger partial charge in [-0.05, 0) is 36.4 Å². The monoisotopic (exact) mass is 319 g/mol. The van der Waals surface area contributed by atoms with Crippen molar-refractivity contribution in [3.8, 4) is 0 Å². The Kier molecular flexibility index (Phi) is 5.27. The molecule has 1 unspecified atom stereocenters. The number of hydrogen-bond acceptors (Lipinski definition) is 4. The average molecular weight is 319 g/mol. The second-order valence-electron chi connectivity index (χ2n) is 4.80. The predicted octanol–water partition coefficient (Wildman–Crippen LogP) is 3.26. The maximum atomic E-state index is 12.2. The number of furan rings is 1. The third kappa shape index (κ3) is 3.92. The molecule has 2 rings (SSSR count). The van der Waals surface area contributed by atoms with Gasteiger partial charge < -0.3 is 14.8 Å². The summed E-state index contributed by atoms with van der Waals surface area (Å²) < 4.78 is 5.37. The summed E-state index contributed by atoms with van der Waals surface area (Å²) >= 11 is 1.39. The van der Waals surface area contributed by atoms with Crippen molar-refractivity contribution < 1.29 is 19.1 Å². The van der Waals surface area contributed by atoms with Crippen LogP contribution in [0.2, 0.25) is 0 Å². The minimum Gasteiger partial charge on any atom is -0.481 e. The molecule has 5 nitrogen and oxygen atoms in total. The van der Waals surface area contributed by atoms with Crippen LogP contribution in [0.5, 0.6) is 0 Å². The molecule has 2 N–H and O–H groups in total. The number of hydrogen-bond donors (Lipinski definition) is 2. The molecular weight excluding hydrogens is 302 g/mol. The Hall–Kier alpha value is -2.21. The lowest BCUT2D eigenvalue weighted by Gasteiger charge is -2.18. The van der Waals surface area contributed by atoms with Crippen molar-refractivity contribution in [2.24, 2.45) is 0 Å². The van der Waals surface area contributed by atoms with Gasteiger partial charge in [-0.1, -0.05) is 36.0 Å². The normalized spacial score (nSPS) is 11.9. The fourth-order valence-corrected chi connectivity index (χ4v) is 2.55. The maximum absolute atomic E-state index is 12.2. The van der Waals surface area contributed by atoms with Crippen LogP contribution in [0.4, 0.5) is 0 Å². The van der Waals surface area contributed by atoms with Crippen LogP contribution in [0.15, 0.2) is 45.9 Å². The van der Waals surface area contributed by atoms with E-state index in [0.717, 1.165) is 11.1 Å². The summed E-state index contributed by atoms with van der Waals surface area (Å²) in [6, 6.07) is 10.1. The van der Waals surface area contributed by atoms with E-state index in [-0.39, 0.29) is 12.2 Å². The van der Waals surface area contributed by atoms with Gasteiger partial charge in [-0.3, -0.25) is 9.59 Å². The molecule has 0 aliphatic rings. The number of carboxylic acids is 1. The van der Waals surface area contributed by atoms with Crippen molar-refractivity contribution in [1.82, 2.24) is 5.32 Å². The molecule has 1 aromatic carbocycles. The van der Waals surface area contributed by atoms with Gasteiger partial charge in [-0.15, -0.1) is 0 Å². The molecule has 22 heavy (non-hydrogen) atoms. The number of carbonyl (C=O) groups excluding carboxylic acids is 1. The zero-order valence-electron chi connectivity index (χ0n) is 12.3. The number of aliphatic carboxylic acids is 1. The standard InChI is InChI=1S/C16H17NO4S/c1-10-5-3-4-6-11(10)12(9-14(18)19)17-16(20)13-7-8-15(21-13)22-2/h3-8,12H,9H2,1-2H3,(H,17,20)(H,18,19). The molecule has 0 bridgehead atoms. The van der Waals surface area contributed by atoms with Crippen molar-refractivity contribution >= 4 is 23.6 Å².